The summed E-state index contributed by atoms with van der Waals surface area (Å²) >= 11 is 0. The molecule has 0 spiro atoms. The standard InChI is InChI=1S/C16H15FN4/c1-9-7-10-15(8-11(9)17)20-21-16(10)14-5-4-12-13(19-14)3-2-6-18-12/h4-5,7-8,18H,2-3,6H2,1H3,(H,20,21). The fourth-order valence-corrected chi connectivity index (χ4v) is 2.81. The van der Waals surface area contributed by atoms with Gasteiger partial charge < -0.3 is 5.32 Å². The number of fused-ring (bicyclic) bond motifs is 2. The molecule has 106 valence electrons. The maximum atomic E-state index is 13.6. The number of aromatic nitrogens is 3. The van der Waals surface area contributed by atoms with Gasteiger partial charge in [0, 0.05) is 11.9 Å². The van der Waals surface area contributed by atoms with Crippen LogP contribution < -0.4 is 5.32 Å². The summed E-state index contributed by atoms with van der Waals surface area (Å²) < 4.78 is 13.6. The van der Waals surface area contributed by atoms with Crippen molar-refractivity contribution in [1.29, 1.82) is 0 Å². The average molecular weight is 282 g/mol. The summed E-state index contributed by atoms with van der Waals surface area (Å²) in [5, 5.41) is 11.5. The van der Waals surface area contributed by atoms with Crippen LogP contribution in [0.25, 0.3) is 22.3 Å². The first kappa shape index (κ1) is 12.3. The van der Waals surface area contributed by atoms with Crippen molar-refractivity contribution in [2.45, 2.75) is 19.8 Å². The number of hydrogen-bond donors (Lipinski definition) is 2. The molecule has 0 bridgehead atoms. The molecule has 0 amide bonds. The van der Waals surface area contributed by atoms with Gasteiger partial charge in [-0.1, -0.05) is 0 Å². The third-order valence-corrected chi connectivity index (χ3v) is 3.96. The smallest absolute Gasteiger partial charge is 0.128 e. The maximum Gasteiger partial charge on any atom is 0.128 e. The number of anilines is 1. The number of hydrogen-bond acceptors (Lipinski definition) is 3. The van der Waals surface area contributed by atoms with E-state index < -0.39 is 0 Å². The van der Waals surface area contributed by atoms with Gasteiger partial charge in [0.2, 0.25) is 0 Å². The summed E-state index contributed by atoms with van der Waals surface area (Å²) in [5.74, 6) is -0.222. The zero-order valence-electron chi connectivity index (χ0n) is 11.7. The molecule has 21 heavy (non-hydrogen) atoms. The minimum Gasteiger partial charge on any atom is -0.384 e. The van der Waals surface area contributed by atoms with Crippen molar-refractivity contribution in [2.24, 2.45) is 0 Å². The van der Waals surface area contributed by atoms with E-state index in [9.17, 15) is 4.39 Å². The van der Waals surface area contributed by atoms with Gasteiger partial charge in [0.15, 0.2) is 0 Å². The molecule has 3 aromatic rings. The molecule has 0 aliphatic carbocycles. The summed E-state index contributed by atoms with van der Waals surface area (Å²) in [4.78, 5) is 4.72. The molecule has 0 saturated heterocycles. The van der Waals surface area contributed by atoms with Gasteiger partial charge in [-0.2, -0.15) is 5.10 Å². The lowest BCUT2D eigenvalue weighted by Gasteiger charge is -2.17. The number of aromatic amines is 1. The molecule has 1 aromatic carbocycles. The Balaban J connectivity index is 1.88. The summed E-state index contributed by atoms with van der Waals surface area (Å²) in [5.41, 5.74) is 5.10. The fourth-order valence-electron chi connectivity index (χ4n) is 2.81. The Labute approximate surface area is 121 Å². The van der Waals surface area contributed by atoms with Crippen LogP contribution in [0.5, 0.6) is 0 Å². The third kappa shape index (κ3) is 1.96. The van der Waals surface area contributed by atoms with Crippen LogP contribution in [0.4, 0.5) is 10.1 Å². The lowest BCUT2D eigenvalue weighted by Crippen LogP contribution is -2.13. The Kier molecular flexibility index (Phi) is 2.67. The van der Waals surface area contributed by atoms with Gasteiger partial charge in [-0.25, -0.2) is 9.37 Å². The number of halogens is 1. The van der Waals surface area contributed by atoms with Crippen LogP contribution in [-0.4, -0.2) is 21.7 Å². The van der Waals surface area contributed by atoms with Crippen LogP contribution in [0.1, 0.15) is 17.7 Å². The van der Waals surface area contributed by atoms with E-state index >= 15 is 0 Å². The normalized spacial score (nSPS) is 14.0. The lowest BCUT2D eigenvalue weighted by atomic mass is 10.1. The number of pyridine rings is 1. The molecular formula is C16H15FN4. The molecule has 0 radical (unpaired) electrons. The highest BCUT2D eigenvalue weighted by Crippen LogP contribution is 2.29. The van der Waals surface area contributed by atoms with Crippen molar-refractivity contribution in [3.8, 4) is 11.4 Å². The zero-order chi connectivity index (χ0) is 14.4. The molecule has 2 aromatic heterocycles. The Hall–Kier alpha value is -2.43. The van der Waals surface area contributed by atoms with Crippen molar-refractivity contribution in [2.75, 3.05) is 11.9 Å². The SMILES string of the molecule is Cc1cc2c(-c3ccc4c(n3)CCCN4)n[nH]c2cc1F. The lowest BCUT2D eigenvalue weighted by molar-refractivity contribution is 0.620. The predicted octanol–water partition coefficient (Wildman–Crippen LogP) is 3.43. The van der Waals surface area contributed by atoms with Crippen molar-refractivity contribution in [1.82, 2.24) is 15.2 Å². The van der Waals surface area contributed by atoms with Crippen LogP contribution in [0.15, 0.2) is 24.3 Å². The molecule has 0 unspecified atom stereocenters. The van der Waals surface area contributed by atoms with E-state index in [0.717, 1.165) is 47.5 Å². The number of benzene rings is 1. The van der Waals surface area contributed by atoms with Crippen molar-refractivity contribution >= 4 is 16.6 Å². The Morgan fingerprint density at radius 2 is 2.14 bits per heavy atom. The number of rotatable bonds is 1. The van der Waals surface area contributed by atoms with E-state index in [2.05, 4.69) is 15.5 Å². The second-order valence-electron chi connectivity index (χ2n) is 5.44. The average Bonchev–Trinajstić information content (AvgIpc) is 2.90. The largest absolute Gasteiger partial charge is 0.384 e. The molecule has 5 heteroatoms. The fraction of sp³-hybridized carbons (Fsp3) is 0.250. The monoisotopic (exact) mass is 282 g/mol. The third-order valence-electron chi connectivity index (χ3n) is 3.96. The highest BCUT2D eigenvalue weighted by atomic mass is 19.1. The molecule has 4 nitrogen and oxygen atoms in total. The second-order valence-corrected chi connectivity index (χ2v) is 5.44. The van der Waals surface area contributed by atoms with Crippen LogP contribution in [-0.2, 0) is 6.42 Å². The van der Waals surface area contributed by atoms with E-state index in [4.69, 9.17) is 4.98 Å². The zero-order valence-corrected chi connectivity index (χ0v) is 11.7. The van der Waals surface area contributed by atoms with Gasteiger partial charge in [-0.3, -0.25) is 5.10 Å². The quantitative estimate of drug-likeness (QED) is 0.719. The first-order chi connectivity index (χ1) is 10.2. The summed E-state index contributed by atoms with van der Waals surface area (Å²) in [6.45, 7) is 2.76. The van der Waals surface area contributed by atoms with Gasteiger partial charge >= 0.3 is 0 Å². The first-order valence-corrected chi connectivity index (χ1v) is 7.11. The van der Waals surface area contributed by atoms with Crippen LogP contribution in [0.2, 0.25) is 0 Å². The minimum atomic E-state index is -0.222. The van der Waals surface area contributed by atoms with Crippen molar-refractivity contribution < 1.29 is 4.39 Å². The van der Waals surface area contributed by atoms with Gasteiger partial charge in [-0.05, 0) is 49.6 Å². The number of nitrogens with one attached hydrogen (secondary N) is 2. The number of nitrogens with zero attached hydrogens (tertiary/aromatic N) is 2. The molecule has 0 atom stereocenters. The van der Waals surface area contributed by atoms with Gasteiger partial charge in [-0.15, -0.1) is 0 Å². The molecular weight excluding hydrogens is 267 g/mol. The predicted molar refractivity (Wildman–Crippen MR) is 80.8 cm³/mol. The molecule has 0 fully saturated rings. The Morgan fingerprint density at radius 1 is 1.24 bits per heavy atom. The number of H-pyrrole nitrogens is 1. The van der Waals surface area contributed by atoms with Crippen molar-refractivity contribution in [3.63, 3.8) is 0 Å². The molecule has 3 heterocycles. The summed E-state index contributed by atoms with van der Waals surface area (Å²) in [6.07, 6.45) is 2.07. The van der Waals surface area contributed by atoms with E-state index in [1.807, 2.05) is 18.2 Å². The number of aryl methyl sites for hydroxylation is 2. The molecule has 1 aliphatic rings. The molecule has 1 aliphatic heterocycles. The van der Waals surface area contributed by atoms with Crippen LogP contribution in [0.3, 0.4) is 0 Å². The summed E-state index contributed by atoms with van der Waals surface area (Å²) in [6, 6.07) is 7.32. The Morgan fingerprint density at radius 3 is 3.05 bits per heavy atom. The molecule has 2 N–H and O–H groups in total. The van der Waals surface area contributed by atoms with E-state index in [1.165, 1.54) is 6.07 Å². The van der Waals surface area contributed by atoms with Crippen LogP contribution in [0, 0.1) is 12.7 Å². The van der Waals surface area contributed by atoms with E-state index in [-0.39, 0.29) is 5.82 Å². The van der Waals surface area contributed by atoms with Gasteiger partial charge in [0.25, 0.3) is 0 Å². The Bertz CT molecular complexity index is 838. The van der Waals surface area contributed by atoms with Crippen molar-refractivity contribution in [3.05, 3.63) is 41.3 Å². The van der Waals surface area contributed by atoms with E-state index in [1.54, 1.807) is 6.92 Å². The van der Waals surface area contributed by atoms with Crippen LogP contribution >= 0.6 is 0 Å². The van der Waals surface area contributed by atoms with Gasteiger partial charge in [0.1, 0.15) is 11.5 Å². The van der Waals surface area contributed by atoms with Gasteiger partial charge in [0.05, 0.1) is 22.6 Å². The highest BCUT2D eigenvalue weighted by molar-refractivity contribution is 5.92. The molecule has 0 saturated carbocycles. The minimum absolute atomic E-state index is 0.222. The first-order valence-electron chi connectivity index (χ1n) is 7.11. The second kappa shape index (κ2) is 4.55. The molecule has 4 rings (SSSR count). The highest BCUT2D eigenvalue weighted by Gasteiger charge is 2.15. The van der Waals surface area contributed by atoms with E-state index in [0.29, 0.717) is 11.1 Å². The summed E-state index contributed by atoms with van der Waals surface area (Å²) in [7, 11) is 0. The topological polar surface area (TPSA) is 53.6 Å². The maximum absolute atomic E-state index is 13.6.